The third kappa shape index (κ3) is 3.88. The van der Waals surface area contributed by atoms with Gasteiger partial charge in [0.2, 0.25) is 5.91 Å². The van der Waals surface area contributed by atoms with Gasteiger partial charge in [-0.1, -0.05) is 32.9 Å². The number of alkyl halides is 1. The lowest BCUT2D eigenvalue weighted by Crippen LogP contribution is -2.31. The van der Waals surface area contributed by atoms with Gasteiger partial charge in [-0.05, 0) is 35.2 Å². The standard InChI is InChI=1S/C17H20ClNO2/c1-17(2,3)13-6-8-14(9-7-13)19(16(20)11-18)12-15-5-4-10-21-15/h4-10H,11-12H2,1-3H3. The van der Waals surface area contributed by atoms with E-state index in [2.05, 4.69) is 20.8 Å². The predicted octanol–water partition coefficient (Wildman–Crippen LogP) is 4.35. The molecule has 1 aromatic heterocycles. The summed E-state index contributed by atoms with van der Waals surface area (Å²) in [5, 5.41) is 0. The number of rotatable bonds is 4. The van der Waals surface area contributed by atoms with Gasteiger partial charge in [-0.25, -0.2) is 0 Å². The number of carbonyl (C=O) groups is 1. The summed E-state index contributed by atoms with van der Waals surface area (Å²) in [5.41, 5.74) is 2.13. The molecule has 1 heterocycles. The minimum absolute atomic E-state index is 0.0538. The van der Waals surface area contributed by atoms with Gasteiger partial charge in [0, 0.05) is 5.69 Å². The molecular formula is C17H20ClNO2. The van der Waals surface area contributed by atoms with E-state index in [1.165, 1.54) is 5.56 Å². The molecule has 1 aromatic carbocycles. The first-order valence-corrected chi connectivity index (χ1v) is 7.44. The molecule has 4 heteroatoms. The molecule has 0 atom stereocenters. The van der Waals surface area contributed by atoms with Crippen molar-refractivity contribution in [3.05, 3.63) is 54.0 Å². The molecule has 112 valence electrons. The number of hydrogen-bond acceptors (Lipinski definition) is 2. The Bertz CT molecular complexity index is 582. The summed E-state index contributed by atoms with van der Waals surface area (Å²) in [4.78, 5) is 13.7. The summed E-state index contributed by atoms with van der Waals surface area (Å²) in [6.07, 6.45) is 1.60. The molecule has 2 rings (SSSR count). The van der Waals surface area contributed by atoms with Gasteiger partial charge in [0.1, 0.15) is 11.6 Å². The highest BCUT2D eigenvalue weighted by atomic mass is 35.5. The van der Waals surface area contributed by atoms with E-state index in [1.54, 1.807) is 17.2 Å². The van der Waals surface area contributed by atoms with Gasteiger partial charge in [0.25, 0.3) is 0 Å². The maximum Gasteiger partial charge on any atom is 0.242 e. The fourth-order valence-corrected chi connectivity index (χ4v) is 2.24. The number of hydrogen-bond donors (Lipinski definition) is 0. The van der Waals surface area contributed by atoms with Crippen LogP contribution in [0.3, 0.4) is 0 Å². The van der Waals surface area contributed by atoms with Crippen LogP contribution in [0.2, 0.25) is 0 Å². The van der Waals surface area contributed by atoms with Crippen molar-refractivity contribution in [2.24, 2.45) is 0 Å². The minimum atomic E-state index is -0.142. The summed E-state index contributed by atoms with van der Waals surface area (Å²) in [6.45, 7) is 6.86. The topological polar surface area (TPSA) is 33.5 Å². The average molecular weight is 306 g/mol. The van der Waals surface area contributed by atoms with Crippen LogP contribution in [0.1, 0.15) is 32.1 Å². The second-order valence-electron chi connectivity index (χ2n) is 5.99. The van der Waals surface area contributed by atoms with E-state index in [9.17, 15) is 4.79 Å². The molecule has 0 aliphatic heterocycles. The van der Waals surface area contributed by atoms with E-state index >= 15 is 0 Å². The molecule has 0 aliphatic carbocycles. The third-order valence-corrected chi connectivity index (χ3v) is 3.58. The maximum atomic E-state index is 12.1. The fourth-order valence-electron chi connectivity index (χ4n) is 2.10. The second kappa shape index (κ2) is 6.35. The highest BCUT2D eigenvalue weighted by Crippen LogP contribution is 2.26. The molecule has 0 spiro atoms. The zero-order valence-electron chi connectivity index (χ0n) is 12.6. The van der Waals surface area contributed by atoms with Crippen molar-refractivity contribution in [1.82, 2.24) is 0 Å². The molecule has 0 saturated heterocycles. The average Bonchev–Trinajstić information content (AvgIpc) is 2.96. The first kappa shape index (κ1) is 15.6. The van der Waals surface area contributed by atoms with Crippen LogP contribution in [0.15, 0.2) is 47.1 Å². The normalized spacial score (nSPS) is 11.4. The van der Waals surface area contributed by atoms with Gasteiger partial charge in [-0.3, -0.25) is 4.79 Å². The van der Waals surface area contributed by atoms with Crippen molar-refractivity contribution >= 4 is 23.2 Å². The fraction of sp³-hybridized carbons (Fsp3) is 0.353. The van der Waals surface area contributed by atoms with E-state index in [0.717, 1.165) is 11.4 Å². The largest absolute Gasteiger partial charge is 0.467 e. The van der Waals surface area contributed by atoms with E-state index in [1.807, 2.05) is 30.3 Å². The van der Waals surface area contributed by atoms with Gasteiger partial charge in [-0.15, -0.1) is 11.6 Å². The lowest BCUT2D eigenvalue weighted by Gasteiger charge is -2.23. The smallest absolute Gasteiger partial charge is 0.242 e. The van der Waals surface area contributed by atoms with Crippen LogP contribution in [-0.2, 0) is 16.8 Å². The molecule has 0 bridgehead atoms. The summed E-state index contributed by atoms with van der Waals surface area (Å²) in [5.74, 6) is 0.534. The van der Waals surface area contributed by atoms with Crippen molar-refractivity contribution in [3.8, 4) is 0 Å². The first-order chi connectivity index (χ1) is 9.91. The highest BCUT2D eigenvalue weighted by molar-refractivity contribution is 6.29. The number of nitrogens with zero attached hydrogens (tertiary/aromatic N) is 1. The first-order valence-electron chi connectivity index (χ1n) is 6.91. The predicted molar refractivity (Wildman–Crippen MR) is 85.8 cm³/mol. The van der Waals surface area contributed by atoms with Crippen molar-refractivity contribution in [1.29, 1.82) is 0 Å². The van der Waals surface area contributed by atoms with Crippen molar-refractivity contribution in [2.75, 3.05) is 10.8 Å². The van der Waals surface area contributed by atoms with E-state index in [-0.39, 0.29) is 17.2 Å². The number of furan rings is 1. The lowest BCUT2D eigenvalue weighted by atomic mass is 9.87. The SMILES string of the molecule is CC(C)(C)c1ccc(N(Cc2ccco2)C(=O)CCl)cc1. The zero-order chi connectivity index (χ0) is 15.5. The van der Waals surface area contributed by atoms with Crippen LogP contribution in [0, 0.1) is 0 Å². The summed E-state index contributed by atoms with van der Waals surface area (Å²) in [7, 11) is 0. The Morgan fingerprint density at radius 3 is 2.33 bits per heavy atom. The third-order valence-electron chi connectivity index (χ3n) is 3.35. The van der Waals surface area contributed by atoms with Gasteiger partial charge >= 0.3 is 0 Å². The Morgan fingerprint density at radius 2 is 1.86 bits per heavy atom. The van der Waals surface area contributed by atoms with Gasteiger partial charge in [0.15, 0.2) is 0 Å². The summed E-state index contributed by atoms with van der Waals surface area (Å²) < 4.78 is 5.32. The Kier molecular flexibility index (Phi) is 4.73. The molecular weight excluding hydrogens is 286 g/mol. The Hall–Kier alpha value is -1.74. The lowest BCUT2D eigenvalue weighted by molar-refractivity contribution is -0.116. The van der Waals surface area contributed by atoms with E-state index < -0.39 is 0 Å². The highest BCUT2D eigenvalue weighted by Gasteiger charge is 2.18. The number of carbonyl (C=O) groups excluding carboxylic acids is 1. The van der Waals surface area contributed by atoms with E-state index in [4.69, 9.17) is 16.0 Å². The minimum Gasteiger partial charge on any atom is -0.467 e. The molecule has 0 N–H and O–H groups in total. The van der Waals surface area contributed by atoms with Crippen molar-refractivity contribution < 1.29 is 9.21 Å². The van der Waals surface area contributed by atoms with Crippen LogP contribution >= 0.6 is 11.6 Å². The zero-order valence-corrected chi connectivity index (χ0v) is 13.4. The molecule has 21 heavy (non-hydrogen) atoms. The Labute approximate surface area is 130 Å². The number of benzene rings is 1. The van der Waals surface area contributed by atoms with Gasteiger partial charge in [0.05, 0.1) is 12.8 Å². The Morgan fingerprint density at radius 1 is 1.19 bits per heavy atom. The van der Waals surface area contributed by atoms with Crippen LogP contribution in [0.5, 0.6) is 0 Å². The number of halogens is 1. The number of amides is 1. The molecule has 0 aliphatic rings. The van der Waals surface area contributed by atoms with Crippen molar-refractivity contribution in [3.63, 3.8) is 0 Å². The Balaban J connectivity index is 2.26. The van der Waals surface area contributed by atoms with Crippen LogP contribution < -0.4 is 4.90 Å². The molecule has 1 amide bonds. The molecule has 0 unspecified atom stereocenters. The molecule has 2 aromatic rings. The summed E-state index contributed by atoms with van der Waals surface area (Å²) in [6, 6.07) is 11.7. The molecule has 0 fully saturated rings. The molecule has 0 saturated carbocycles. The van der Waals surface area contributed by atoms with Crippen LogP contribution in [0.4, 0.5) is 5.69 Å². The molecule has 3 nitrogen and oxygen atoms in total. The van der Waals surface area contributed by atoms with Gasteiger partial charge < -0.3 is 9.32 Å². The number of anilines is 1. The summed E-state index contributed by atoms with van der Waals surface area (Å²) >= 11 is 5.72. The maximum absolute atomic E-state index is 12.1. The molecule has 0 radical (unpaired) electrons. The monoisotopic (exact) mass is 305 g/mol. The van der Waals surface area contributed by atoms with Gasteiger partial charge in [-0.2, -0.15) is 0 Å². The van der Waals surface area contributed by atoms with Crippen molar-refractivity contribution in [2.45, 2.75) is 32.7 Å². The van der Waals surface area contributed by atoms with E-state index in [0.29, 0.717) is 6.54 Å². The quantitative estimate of drug-likeness (QED) is 0.787. The van der Waals surface area contributed by atoms with Crippen LogP contribution in [-0.4, -0.2) is 11.8 Å². The van der Waals surface area contributed by atoms with Crippen LogP contribution in [0.25, 0.3) is 0 Å². The second-order valence-corrected chi connectivity index (χ2v) is 6.26.